The van der Waals surface area contributed by atoms with Gasteiger partial charge in [-0.05, 0) is 63.0 Å². The fraction of sp³-hybridized carbons (Fsp3) is 0.650. The quantitative estimate of drug-likeness (QED) is 0.786. The van der Waals surface area contributed by atoms with Gasteiger partial charge in [-0.2, -0.15) is 0 Å². The van der Waals surface area contributed by atoms with Crippen LogP contribution in [0.15, 0.2) is 18.2 Å². The van der Waals surface area contributed by atoms with Crippen LogP contribution in [0.2, 0.25) is 0 Å². The second-order valence-electron chi connectivity index (χ2n) is 7.64. The maximum absolute atomic E-state index is 14.0. The molecule has 1 aliphatic heterocycles. The van der Waals surface area contributed by atoms with Crippen molar-refractivity contribution in [2.24, 2.45) is 5.92 Å². The molecule has 0 bridgehead atoms. The molecule has 0 aromatic heterocycles. The van der Waals surface area contributed by atoms with Crippen molar-refractivity contribution in [1.82, 2.24) is 4.90 Å². The van der Waals surface area contributed by atoms with Crippen molar-refractivity contribution >= 4 is 12.1 Å². The number of anilines is 1. The van der Waals surface area contributed by atoms with E-state index in [1.807, 2.05) is 9.80 Å². The molecule has 1 N–H and O–H groups in total. The Bertz CT molecular complexity index is 605. The summed E-state index contributed by atoms with van der Waals surface area (Å²) in [7, 11) is 0. The SMILES string of the molecule is O=CN(CCC1CCCN(c2cc(F)ccc2F)C1)C1CCC(O)CC1. The van der Waals surface area contributed by atoms with Gasteiger partial charge in [-0.25, -0.2) is 8.78 Å². The van der Waals surface area contributed by atoms with Crippen LogP contribution in [0.3, 0.4) is 0 Å². The van der Waals surface area contributed by atoms with Crippen molar-refractivity contribution in [2.75, 3.05) is 24.5 Å². The molecule has 3 rings (SSSR count). The maximum Gasteiger partial charge on any atom is 0.209 e. The normalized spacial score (nSPS) is 26.6. The van der Waals surface area contributed by atoms with E-state index in [1.165, 1.54) is 12.1 Å². The van der Waals surface area contributed by atoms with Gasteiger partial charge in [0.25, 0.3) is 0 Å². The van der Waals surface area contributed by atoms with Gasteiger partial charge in [0.15, 0.2) is 0 Å². The molecule has 26 heavy (non-hydrogen) atoms. The van der Waals surface area contributed by atoms with E-state index in [9.17, 15) is 18.7 Å². The van der Waals surface area contributed by atoms with E-state index in [-0.39, 0.29) is 18.0 Å². The summed E-state index contributed by atoms with van der Waals surface area (Å²) in [6, 6.07) is 3.81. The number of hydrogen-bond donors (Lipinski definition) is 1. The summed E-state index contributed by atoms with van der Waals surface area (Å²) in [5.74, 6) is -0.444. The molecule has 2 fully saturated rings. The summed E-state index contributed by atoms with van der Waals surface area (Å²) < 4.78 is 27.5. The van der Waals surface area contributed by atoms with Crippen molar-refractivity contribution in [1.29, 1.82) is 0 Å². The van der Waals surface area contributed by atoms with Crippen LogP contribution in [0.1, 0.15) is 44.9 Å². The van der Waals surface area contributed by atoms with E-state index in [4.69, 9.17) is 0 Å². The molecular formula is C20H28F2N2O2. The summed E-state index contributed by atoms with van der Waals surface area (Å²) in [6.07, 6.45) is 6.76. The number of benzene rings is 1. The minimum atomic E-state index is -0.421. The van der Waals surface area contributed by atoms with Crippen LogP contribution in [0.25, 0.3) is 0 Å². The third-order valence-corrected chi connectivity index (χ3v) is 5.83. The summed E-state index contributed by atoms with van der Waals surface area (Å²) in [4.78, 5) is 15.3. The monoisotopic (exact) mass is 366 g/mol. The number of aliphatic hydroxyl groups excluding tert-OH is 1. The fourth-order valence-electron chi connectivity index (χ4n) is 4.29. The Kier molecular flexibility index (Phi) is 6.46. The molecule has 1 unspecified atom stereocenters. The van der Waals surface area contributed by atoms with Crippen molar-refractivity contribution in [2.45, 2.75) is 57.1 Å². The van der Waals surface area contributed by atoms with Crippen LogP contribution in [-0.4, -0.2) is 48.2 Å². The largest absolute Gasteiger partial charge is 0.393 e. The molecule has 1 aromatic rings. The van der Waals surface area contributed by atoms with E-state index in [0.29, 0.717) is 24.7 Å². The highest BCUT2D eigenvalue weighted by Gasteiger charge is 2.26. The summed E-state index contributed by atoms with van der Waals surface area (Å²) in [6.45, 7) is 2.11. The first kappa shape index (κ1) is 19.1. The molecule has 144 valence electrons. The van der Waals surface area contributed by atoms with Crippen LogP contribution in [0.4, 0.5) is 14.5 Å². The lowest BCUT2D eigenvalue weighted by molar-refractivity contribution is -0.121. The first-order valence-electron chi connectivity index (χ1n) is 9.66. The lowest BCUT2D eigenvalue weighted by Gasteiger charge is -2.37. The molecule has 1 amide bonds. The highest BCUT2D eigenvalue weighted by Crippen LogP contribution is 2.29. The number of halogens is 2. The third kappa shape index (κ3) is 4.72. The second kappa shape index (κ2) is 8.80. The number of carbonyl (C=O) groups excluding carboxylic acids is 1. The van der Waals surface area contributed by atoms with Gasteiger partial charge in [0.2, 0.25) is 6.41 Å². The summed E-state index contributed by atoms with van der Waals surface area (Å²) in [5, 5.41) is 9.62. The lowest BCUT2D eigenvalue weighted by atomic mass is 9.90. The zero-order valence-corrected chi connectivity index (χ0v) is 15.1. The Labute approximate surface area is 153 Å². The number of hydrogen-bond acceptors (Lipinski definition) is 3. The summed E-state index contributed by atoms with van der Waals surface area (Å²) in [5.41, 5.74) is 0.336. The second-order valence-corrected chi connectivity index (χ2v) is 7.64. The number of rotatable bonds is 6. The molecular weight excluding hydrogens is 338 g/mol. The predicted molar refractivity (Wildman–Crippen MR) is 96.9 cm³/mol. The number of nitrogens with zero attached hydrogens (tertiary/aromatic N) is 2. The van der Waals surface area contributed by atoms with Crippen molar-refractivity contribution in [3.8, 4) is 0 Å². The van der Waals surface area contributed by atoms with Gasteiger partial charge in [-0.15, -0.1) is 0 Å². The van der Waals surface area contributed by atoms with Crippen molar-refractivity contribution < 1.29 is 18.7 Å². The molecule has 1 atom stereocenters. The molecule has 0 spiro atoms. The Morgan fingerprint density at radius 2 is 1.96 bits per heavy atom. The fourth-order valence-corrected chi connectivity index (χ4v) is 4.29. The van der Waals surface area contributed by atoms with Crippen LogP contribution in [-0.2, 0) is 4.79 Å². The van der Waals surface area contributed by atoms with E-state index >= 15 is 0 Å². The molecule has 6 heteroatoms. The molecule has 0 radical (unpaired) electrons. The number of carbonyl (C=O) groups is 1. The minimum absolute atomic E-state index is 0.219. The molecule has 1 saturated heterocycles. The van der Waals surface area contributed by atoms with Crippen molar-refractivity contribution in [3.63, 3.8) is 0 Å². The first-order valence-corrected chi connectivity index (χ1v) is 9.66. The van der Waals surface area contributed by atoms with E-state index in [0.717, 1.165) is 64.0 Å². The average molecular weight is 366 g/mol. The standard InChI is InChI=1S/C20H28F2N2O2/c21-16-3-8-19(22)20(12-16)23-10-1-2-15(13-23)9-11-24(14-25)17-4-6-18(26)7-5-17/h3,8,12,14-15,17-18,26H,1-2,4-7,9-11,13H2. The van der Waals surface area contributed by atoms with E-state index in [1.54, 1.807) is 0 Å². The van der Waals surface area contributed by atoms with E-state index < -0.39 is 5.82 Å². The van der Waals surface area contributed by atoms with Gasteiger partial charge in [0.05, 0.1) is 11.8 Å². The number of aliphatic hydroxyl groups is 1. The topological polar surface area (TPSA) is 43.8 Å². The van der Waals surface area contributed by atoms with Crippen LogP contribution in [0, 0.1) is 17.6 Å². The first-order chi connectivity index (χ1) is 12.6. The lowest BCUT2D eigenvalue weighted by Crippen LogP contribution is -2.41. The average Bonchev–Trinajstić information content (AvgIpc) is 2.66. The molecule has 1 heterocycles. The van der Waals surface area contributed by atoms with Crippen molar-refractivity contribution in [3.05, 3.63) is 29.8 Å². The zero-order chi connectivity index (χ0) is 18.5. The highest BCUT2D eigenvalue weighted by molar-refractivity contribution is 5.49. The Balaban J connectivity index is 1.54. The van der Waals surface area contributed by atoms with Gasteiger partial charge in [-0.1, -0.05) is 0 Å². The van der Waals surface area contributed by atoms with Gasteiger partial charge in [-0.3, -0.25) is 4.79 Å². The Morgan fingerprint density at radius 3 is 2.69 bits per heavy atom. The number of piperidine rings is 1. The number of amides is 1. The molecule has 1 saturated carbocycles. The minimum Gasteiger partial charge on any atom is -0.393 e. The molecule has 4 nitrogen and oxygen atoms in total. The van der Waals surface area contributed by atoms with Gasteiger partial charge in [0, 0.05) is 31.7 Å². The third-order valence-electron chi connectivity index (χ3n) is 5.83. The summed E-state index contributed by atoms with van der Waals surface area (Å²) >= 11 is 0. The maximum atomic E-state index is 14.0. The van der Waals surface area contributed by atoms with Crippen LogP contribution < -0.4 is 4.90 Å². The van der Waals surface area contributed by atoms with Crippen LogP contribution >= 0.6 is 0 Å². The van der Waals surface area contributed by atoms with Gasteiger partial charge >= 0.3 is 0 Å². The van der Waals surface area contributed by atoms with Gasteiger partial charge in [0.1, 0.15) is 11.6 Å². The highest BCUT2D eigenvalue weighted by atomic mass is 19.1. The Hall–Kier alpha value is -1.69. The molecule has 1 aliphatic carbocycles. The van der Waals surface area contributed by atoms with E-state index in [2.05, 4.69) is 0 Å². The zero-order valence-electron chi connectivity index (χ0n) is 15.1. The molecule has 2 aliphatic rings. The van der Waals surface area contributed by atoms with Gasteiger partial charge < -0.3 is 14.9 Å². The smallest absolute Gasteiger partial charge is 0.209 e. The van der Waals surface area contributed by atoms with Crippen LogP contribution in [0.5, 0.6) is 0 Å². The molecule has 1 aromatic carbocycles. The predicted octanol–water partition coefficient (Wildman–Crippen LogP) is 3.33. The Morgan fingerprint density at radius 1 is 1.19 bits per heavy atom.